The van der Waals surface area contributed by atoms with Crippen LogP contribution < -0.4 is 4.74 Å². The number of nitrogens with zero attached hydrogens (tertiary/aromatic N) is 1. The van der Waals surface area contributed by atoms with Crippen molar-refractivity contribution < 1.29 is 24.4 Å². The standard InChI is InChI=1S/C14H12FNO4/c15-7-1-2-10(16-6-7)14-12(19)5-9-11(18)3-8(17)4-13(9)20-14/h1-4,6,12,14,17-19H,5H2/t12-,14-/m1/s1. The third kappa shape index (κ3) is 2.14. The summed E-state index contributed by atoms with van der Waals surface area (Å²) in [5.74, 6) is -0.466. The summed E-state index contributed by atoms with van der Waals surface area (Å²) in [6, 6.07) is 5.20. The van der Waals surface area contributed by atoms with Crippen molar-refractivity contribution in [3.05, 3.63) is 47.5 Å². The topological polar surface area (TPSA) is 82.8 Å². The molecule has 2 atom stereocenters. The van der Waals surface area contributed by atoms with Crippen LogP contribution in [-0.2, 0) is 6.42 Å². The summed E-state index contributed by atoms with van der Waals surface area (Å²) >= 11 is 0. The second kappa shape index (κ2) is 4.64. The molecule has 0 unspecified atom stereocenters. The Morgan fingerprint density at radius 1 is 1.25 bits per heavy atom. The number of fused-ring (bicyclic) bond motifs is 1. The van der Waals surface area contributed by atoms with Crippen LogP contribution in [0.15, 0.2) is 30.5 Å². The van der Waals surface area contributed by atoms with Crippen molar-refractivity contribution >= 4 is 0 Å². The molecule has 0 saturated carbocycles. The number of ether oxygens (including phenoxy) is 1. The quantitative estimate of drug-likeness (QED) is 0.738. The highest BCUT2D eigenvalue weighted by molar-refractivity contribution is 5.51. The number of hydrogen-bond acceptors (Lipinski definition) is 5. The number of hydrogen-bond donors (Lipinski definition) is 3. The van der Waals surface area contributed by atoms with Crippen LogP contribution in [-0.4, -0.2) is 26.4 Å². The normalized spacial score (nSPS) is 21.1. The van der Waals surface area contributed by atoms with E-state index in [4.69, 9.17) is 4.74 Å². The third-order valence-electron chi connectivity index (χ3n) is 3.23. The van der Waals surface area contributed by atoms with Crippen LogP contribution in [0.3, 0.4) is 0 Å². The molecule has 20 heavy (non-hydrogen) atoms. The Kier molecular flexibility index (Phi) is 2.94. The van der Waals surface area contributed by atoms with Gasteiger partial charge < -0.3 is 20.1 Å². The summed E-state index contributed by atoms with van der Waals surface area (Å²) < 4.78 is 18.4. The largest absolute Gasteiger partial charge is 0.508 e. The van der Waals surface area contributed by atoms with Crippen molar-refractivity contribution in [3.8, 4) is 17.2 Å². The van der Waals surface area contributed by atoms with Crippen LogP contribution in [0.5, 0.6) is 17.2 Å². The van der Waals surface area contributed by atoms with Gasteiger partial charge in [-0.05, 0) is 12.1 Å². The van der Waals surface area contributed by atoms with Gasteiger partial charge >= 0.3 is 0 Å². The SMILES string of the molecule is Oc1cc(O)c2c(c1)O[C@H](c1ccc(F)cn1)[C@H](O)C2. The number of benzene rings is 1. The molecule has 3 N–H and O–H groups in total. The molecule has 0 spiro atoms. The lowest BCUT2D eigenvalue weighted by atomic mass is 9.96. The minimum Gasteiger partial charge on any atom is -0.508 e. The van der Waals surface area contributed by atoms with E-state index in [1.165, 1.54) is 24.3 Å². The summed E-state index contributed by atoms with van der Waals surface area (Å²) in [6.07, 6.45) is -0.494. The van der Waals surface area contributed by atoms with Gasteiger partial charge in [0.15, 0.2) is 6.10 Å². The van der Waals surface area contributed by atoms with Crippen LogP contribution in [0.2, 0.25) is 0 Å². The van der Waals surface area contributed by atoms with Gasteiger partial charge in [-0.2, -0.15) is 0 Å². The van der Waals surface area contributed by atoms with Crippen molar-refractivity contribution in [2.75, 3.05) is 0 Å². The zero-order valence-electron chi connectivity index (χ0n) is 10.3. The molecule has 2 heterocycles. The number of aliphatic hydroxyl groups excluding tert-OH is 1. The number of phenolic OH excluding ortho intramolecular Hbond substituents is 2. The fraction of sp³-hybridized carbons (Fsp3) is 0.214. The number of halogens is 1. The second-order valence-electron chi connectivity index (χ2n) is 4.65. The van der Waals surface area contributed by atoms with Gasteiger partial charge in [-0.1, -0.05) is 0 Å². The lowest BCUT2D eigenvalue weighted by Gasteiger charge is -2.30. The average molecular weight is 277 g/mol. The molecule has 0 amide bonds. The van der Waals surface area contributed by atoms with E-state index in [2.05, 4.69) is 4.98 Å². The minimum atomic E-state index is -0.920. The van der Waals surface area contributed by atoms with Gasteiger partial charge in [0.1, 0.15) is 29.2 Å². The molecule has 0 fully saturated rings. The fourth-order valence-corrected chi connectivity index (χ4v) is 2.27. The van der Waals surface area contributed by atoms with E-state index >= 15 is 0 Å². The first-order valence-corrected chi connectivity index (χ1v) is 6.05. The van der Waals surface area contributed by atoms with Gasteiger partial charge in [0.25, 0.3) is 0 Å². The zero-order valence-corrected chi connectivity index (χ0v) is 10.3. The number of aliphatic hydroxyl groups is 1. The second-order valence-corrected chi connectivity index (χ2v) is 4.65. The number of pyridine rings is 1. The van der Waals surface area contributed by atoms with Crippen LogP contribution in [0.1, 0.15) is 17.4 Å². The molecule has 104 valence electrons. The predicted octanol–water partition coefficient (Wildman–Crippen LogP) is 1.67. The van der Waals surface area contributed by atoms with E-state index in [9.17, 15) is 19.7 Å². The van der Waals surface area contributed by atoms with Gasteiger partial charge in [0.05, 0.1) is 11.9 Å². The van der Waals surface area contributed by atoms with E-state index in [1.807, 2.05) is 0 Å². The van der Waals surface area contributed by atoms with Gasteiger partial charge in [0.2, 0.25) is 0 Å². The van der Waals surface area contributed by atoms with E-state index in [-0.39, 0.29) is 23.7 Å². The smallest absolute Gasteiger partial charge is 0.167 e. The maximum absolute atomic E-state index is 12.9. The molecule has 1 aromatic heterocycles. The predicted molar refractivity (Wildman–Crippen MR) is 67.0 cm³/mol. The van der Waals surface area contributed by atoms with Gasteiger partial charge in [-0.25, -0.2) is 4.39 Å². The Balaban J connectivity index is 1.98. The van der Waals surface area contributed by atoms with Crippen LogP contribution in [0.4, 0.5) is 4.39 Å². The molecule has 1 aliphatic rings. The number of aromatic hydroxyl groups is 2. The number of rotatable bonds is 1. The Labute approximate surface area is 113 Å². The fourth-order valence-electron chi connectivity index (χ4n) is 2.27. The molecular formula is C14H12FNO4. The zero-order chi connectivity index (χ0) is 14.3. The molecule has 3 rings (SSSR count). The van der Waals surface area contributed by atoms with Crippen LogP contribution in [0, 0.1) is 5.82 Å². The molecule has 2 aromatic rings. The highest BCUT2D eigenvalue weighted by Crippen LogP contribution is 2.41. The summed E-state index contributed by atoms with van der Waals surface area (Å²) in [4.78, 5) is 3.89. The first kappa shape index (κ1) is 12.7. The van der Waals surface area contributed by atoms with Crippen molar-refractivity contribution in [2.45, 2.75) is 18.6 Å². The van der Waals surface area contributed by atoms with E-state index < -0.39 is 18.0 Å². The molecule has 0 aliphatic carbocycles. The van der Waals surface area contributed by atoms with Gasteiger partial charge in [0, 0.05) is 24.1 Å². The lowest BCUT2D eigenvalue weighted by Crippen LogP contribution is -2.31. The van der Waals surface area contributed by atoms with Crippen LogP contribution >= 0.6 is 0 Å². The number of phenols is 2. The third-order valence-corrected chi connectivity index (χ3v) is 3.23. The maximum atomic E-state index is 12.9. The Bertz CT molecular complexity index is 644. The van der Waals surface area contributed by atoms with Crippen molar-refractivity contribution in [1.29, 1.82) is 0 Å². The molecule has 1 aliphatic heterocycles. The van der Waals surface area contributed by atoms with Gasteiger partial charge in [-0.3, -0.25) is 4.98 Å². The van der Waals surface area contributed by atoms with Crippen molar-refractivity contribution in [3.63, 3.8) is 0 Å². The first-order valence-electron chi connectivity index (χ1n) is 6.05. The molecule has 0 radical (unpaired) electrons. The highest BCUT2D eigenvalue weighted by atomic mass is 19.1. The molecule has 6 heteroatoms. The van der Waals surface area contributed by atoms with E-state index in [0.717, 1.165) is 6.20 Å². The van der Waals surface area contributed by atoms with E-state index in [0.29, 0.717) is 11.3 Å². The summed E-state index contributed by atoms with van der Waals surface area (Å²) in [7, 11) is 0. The molecular weight excluding hydrogens is 265 g/mol. The summed E-state index contributed by atoms with van der Waals surface area (Å²) in [5.41, 5.74) is 0.807. The van der Waals surface area contributed by atoms with Crippen LogP contribution in [0.25, 0.3) is 0 Å². The van der Waals surface area contributed by atoms with Crippen molar-refractivity contribution in [1.82, 2.24) is 4.98 Å². The lowest BCUT2D eigenvalue weighted by molar-refractivity contribution is 0.0173. The summed E-state index contributed by atoms with van der Waals surface area (Å²) in [5, 5.41) is 29.3. The van der Waals surface area contributed by atoms with Crippen molar-refractivity contribution in [2.24, 2.45) is 0 Å². The average Bonchev–Trinajstić information content (AvgIpc) is 2.40. The highest BCUT2D eigenvalue weighted by Gasteiger charge is 2.32. The van der Waals surface area contributed by atoms with Gasteiger partial charge in [-0.15, -0.1) is 0 Å². The monoisotopic (exact) mass is 277 g/mol. The molecule has 0 bridgehead atoms. The Hall–Kier alpha value is -2.34. The molecule has 1 aromatic carbocycles. The Morgan fingerprint density at radius 2 is 2.05 bits per heavy atom. The molecule has 5 nitrogen and oxygen atoms in total. The summed E-state index contributed by atoms with van der Waals surface area (Å²) in [6.45, 7) is 0. The first-order chi connectivity index (χ1) is 9.54. The van der Waals surface area contributed by atoms with E-state index in [1.54, 1.807) is 0 Å². The maximum Gasteiger partial charge on any atom is 0.167 e. The minimum absolute atomic E-state index is 0.135. The Morgan fingerprint density at radius 3 is 2.75 bits per heavy atom. The number of aromatic nitrogens is 1. The molecule has 0 saturated heterocycles.